The van der Waals surface area contributed by atoms with Crippen molar-refractivity contribution in [2.45, 2.75) is 39.7 Å². The van der Waals surface area contributed by atoms with Gasteiger partial charge in [0.2, 0.25) is 5.91 Å². The highest BCUT2D eigenvalue weighted by Gasteiger charge is 2.31. The molecule has 4 heteroatoms. The summed E-state index contributed by atoms with van der Waals surface area (Å²) in [6.45, 7) is 6.78. The maximum Gasteiger partial charge on any atom is 0.240 e. The van der Waals surface area contributed by atoms with Gasteiger partial charge in [-0.25, -0.2) is 0 Å². The van der Waals surface area contributed by atoms with Gasteiger partial charge in [0.25, 0.3) is 0 Å². The molecule has 80 valence electrons. The lowest BCUT2D eigenvalue weighted by Gasteiger charge is -2.28. The van der Waals surface area contributed by atoms with Crippen molar-refractivity contribution >= 4 is 5.91 Å². The number of hydrogen-bond acceptors (Lipinski definition) is 3. The van der Waals surface area contributed by atoms with E-state index >= 15 is 0 Å². The SMILES string of the molecule is CC(C)(CCO)NC(=O)C(C)(C)C#N. The zero-order valence-electron chi connectivity index (χ0n) is 9.22. The summed E-state index contributed by atoms with van der Waals surface area (Å²) in [7, 11) is 0. The molecular formula is C10H18N2O2. The second-order valence-corrected chi connectivity index (χ2v) is 4.55. The molecular weight excluding hydrogens is 180 g/mol. The van der Waals surface area contributed by atoms with Crippen LogP contribution in [-0.4, -0.2) is 23.2 Å². The Balaban J connectivity index is 4.41. The standard InChI is InChI=1S/C10H18N2O2/c1-9(2,7-11)8(14)12-10(3,4)5-6-13/h13H,5-6H2,1-4H3,(H,12,14). The molecule has 0 aliphatic carbocycles. The Hall–Kier alpha value is -1.08. The van der Waals surface area contributed by atoms with E-state index in [4.69, 9.17) is 10.4 Å². The molecule has 0 unspecified atom stereocenters. The van der Waals surface area contributed by atoms with Gasteiger partial charge in [0.1, 0.15) is 5.41 Å². The molecule has 4 nitrogen and oxygen atoms in total. The van der Waals surface area contributed by atoms with Crippen LogP contribution in [0.3, 0.4) is 0 Å². The Bertz CT molecular complexity index is 251. The molecule has 0 spiro atoms. The highest BCUT2D eigenvalue weighted by Crippen LogP contribution is 2.16. The molecule has 0 aromatic heterocycles. The van der Waals surface area contributed by atoms with E-state index in [2.05, 4.69) is 5.32 Å². The molecule has 14 heavy (non-hydrogen) atoms. The van der Waals surface area contributed by atoms with Crippen LogP contribution < -0.4 is 5.32 Å². The van der Waals surface area contributed by atoms with Crippen LogP contribution in [0.15, 0.2) is 0 Å². The van der Waals surface area contributed by atoms with E-state index in [-0.39, 0.29) is 12.5 Å². The smallest absolute Gasteiger partial charge is 0.240 e. The average molecular weight is 198 g/mol. The molecule has 0 saturated carbocycles. The van der Waals surface area contributed by atoms with Crippen molar-refractivity contribution in [3.8, 4) is 6.07 Å². The molecule has 0 saturated heterocycles. The molecule has 0 aliphatic heterocycles. The maximum absolute atomic E-state index is 11.6. The summed E-state index contributed by atoms with van der Waals surface area (Å²) >= 11 is 0. The number of hydrogen-bond donors (Lipinski definition) is 2. The van der Waals surface area contributed by atoms with Crippen molar-refractivity contribution in [3.05, 3.63) is 0 Å². The van der Waals surface area contributed by atoms with E-state index in [0.29, 0.717) is 6.42 Å². The fourth-order valence-corrected chi connectivity index (χ4v) is 0.856. The summed E-state index contributed by atoms with van der Waals surface area (Å²) in [5, 5.41) is 20.2. The third kappa shape index (κ3) is 3.75. The number of aliphatic hydroxyl groups is 1. The molecule has 0 bridgehead atoms. The Kier molecular flexibility index (Phi) is 4.08. The monoisotopic (exact) mass is 198 g/mol. The van der Waals surface area contributed by atoms with Gasteiger partial charge in [-0.15, -0.1) is 0 Å². The third-order valence-electron chi connectivity index (χ3n) is 2.04. The minimum atomic E-state index is -1.02. The maximum atomic E-state index is 11.6. The minimum absolute atomic E-state index is 0.0141. The van der Waals surface area contributed by atoms with E-state index in [1.807, 2.05) is 19.9 Å². The van der Waals surface area contributed by atoms with Gasteiger partial charge < -0.3 is 10.4 Å². The van der Waals surface area contributed by atoms with E-state index in [0.717, 1.165) is 0 Å². The summed E-state index contributed by atoms with van der Waals surface area (Å²) in [5.41, 5.74) is -1.49. The molecule has 1 amide bonds. The van der Waals surface area contributed by atoms with Crippen molar-refractivity contribution in [1.82, 2.24) is 5.32 Å². The highest BCUT2D eigenvalue weighted by molar-refractivity contribution is 5.85. The lowest BCUT2D eigenvalue weighted by molar-refractivity contribution is -0.128. The topological polar surface area (TPSA) is 73.1 Å². The zero-order chi connectivity index (χ0) is 11.4. The van der Waals surface area contributed by atoms with Crippen molar-refractivity contribution < 1.29 is 9.90 Å². The van der Waals surface area contributed by atoms with Crippen LogP contribution in [-0.2, 0) is 4.79 Å². The van der Waals surface area contributed by atoms with Gasteiger partial charge in [0, 0.05) is 12.1 Å². The van der Waals surface area contributed by atoms with Crippen molar-refractivity contribution in [2.75, 3.05) is 6.61 Å². The first-order chi connectivity index (χ1) is 6.25. The van der Waals surface area contributed by atoms with Crippen LogP contribution in [0.4, 0.5) is 0 Å². The van der Waals surface area contributed by atoms with Gasteiger partial charge in [0.05, 0.1) is 6.07 Å². The summed E-state index contributed by atoms with van der Waals surface area (Å²) in [5.74, 6) is -0.307. The predicted octanol–water partition coefficient (Wildman–Crippen LogP) is 0.813. The normalized spacial score (nSPS) is 12.0. The molecule has 0 fully saturated rings. The van der Waals surface area contributed by atoms with Gasteiger partial charge in [-0.05, 0) is 34.1 Å². The number of amides is 1. The number of carbonyl (C=O) groups is 1. The zero-order valence-corrected chi connectivity index (χ0v) is 9.22. The second kappa shape index (κ2) is 4.43. The molecule has 0 aromatic carbocycles. The van der Waals surface area contributed by atoms with Gasteiger partial charge >= 0.3 is 0 Å². The molecule has 0 aromatic rings. The highest BCUT2D eigenvalue weighted by atomic mass is 16.3. The summed E-state index contributed by atoms with van der Waals surface area (Å²) in [6, 6.07) is 1.93. The van der Waals surface area contributed by atoms with Gasteiger partial charge in [-0.1, -0.05) is 0 Å². The Labute approximate surface area is 84.9 Å². The Morgan fingerprint density at radius 1 is 1.43 bits per heavy atom. The summed E-state index contributed by atoms with van der Waals surface area (Å²) < 4.78 is 0. The molecule has 0 atom stereocenters. The van der Waals surface area contributed by atoms with Gasteiger partial charge in [-0.3, -0.25) is 4.79 Å². The summed E-state index contributed by atoms with van der Waals surface area (Å²) in [4.78, 5) is 11.6. The average Bonchev–Trinajstić information content (AvgIpc) is 2.03. The number of aliphatic hydroxyl groups excluding tert-OH is 1. The molecule has 0 rings (SSSR count). The first kappa shape index (κ1) is 12.9. The van der Waals surface area contributed by atoms with E-state index in [1.54, 1.807) is 13.8 Å². The fourth-order valence-electron chi connectivity index (χ4n) is 0.856. The van der Waals surface area contributed by atoms with E-state index in [9.17, 15) is 4.79 Å². The number of nitrogens with zero attached hydrogens (tertiary/aromatic N) is 1. The number of rotatable bonds is 4. The Morgan fingerprint density at radius 3 is 2.29 bits per heavy atom. The lowest BCUT2D eigenvalue weighted by Crippen LogP contribution is -2.49. The summed E-state index contributed by atoms with van der Waals surface area (Å²) in [6.07, 6.45) is 0.472. The van der Waals surface area contributed by atoms with Crippen LogP contribution in [0.2, 0.25) is 0 Å². The fraction of sp³-hybridized carbons (Fsp3) is 0.800. The largest absolute Gasteiger partial charge is 0.396 e. The van der Waals surface area contributed by atoms with Gasteiger partial charge in [-0.2, -0.15) is 5.26 Å². The molecule has 2 N–H and O–H groups in total. The van der Waals surface area contributed by atoms with Crippen LogP contribution in [0.25, 0.3) is 0 Å². The predicted molar refractivity (Wildman–Crippen MR) is 53.3 cm³/mol. The third-order valence-corrected chi connectivity index (χ3v) is 2.04. The van der Waals surface area contributed by atoms with Crippen LogP contribution >= 0.6 is 0 Å². The lowest BCUT2D eigenvalue weighted by atomic mass is 9.92. The number of carbonyl (C=O) groups excluding carboxylic acids is 1. The molecule has 0 aliphatic rings. The van der Waals surface area contributed by atoms with Crippen LogP contribution in [0.5, 0.6) is 0 Å². The first-order valence-electron chi connectivity index (χ1n) is 4.60. The number of nitriles is 1. The van der Waals surface area contributed by atoms with Crippen molar-refractivity contribution in [3.63, 3.8) is 0 Å². The van der Waals surface area contributed by atoms with Crippen molar-refractivity contribution in [1.29, 1.82) is 5.26 Å². The second-order valence-electron chi connectivity index (χ2n) is 4.55. The van der Waals surface area contributed by atoms with E-state index in [1.165, 1.54) is 0 Å². The molecule has 0 radical (unpaired) electrons. The number of nitrogens with one attached hydrogen (secondary N) is 1. The first-order valence-corrected chi connectivity index (χ1v) is 4.60. The quantitative estimate of drug-likeness (QED) is 0.702. The Morgan fingerprint density at radius 2 is 1.93 bits per heavy atom. The van der Waals surface area contributed by atoms with E-state index < -0.39 is 11.0 Å². The van der Waals surface area contributed by atoms with Crippen LogP contribution in [0.1, 0.15) is 34.1 Å². The minimum Gasteiger partial charge on any atom is -0.396 e. The van der Waals surface area contributed by atoms with Crippen molar-refractivity contribution in [2.24, 2.45) is 5.41 Å². The van der Waals surface area contributed by atoms with Crippen LogP contribution in [0, 0.1) is 16.7 Å². The van der Waals surface area contributed by atoms with Gasteiger partial charge in [0.15, 0.2) is 0 Å². The molecule has 0 heterocycles.